The first-order valence-corrected chi connectivity index (χ1v) is 9.66. The Kier molecular flexibility index (Phi) is 5.32. The Morgan fingerprint density at radius 1 is 1.07 bits per heavy atom. The Labute approximate surface area is 173 Å². The second-order valence-electron chi connectivity index (χ2n) is 6.85. The molecule has 0 aliphatic carbocycles. The van der Waals surface area contributed by atoms with Crippen molar-refractivity contribution in [2.75, 3.05) is 0 Å². The number of rotatable bonds is 5. The molecule has 0 saturated heterocycles. The number of fused-ring (bicyclic) bond motifs is 1. The third kappa shape index (κ3) is 4.00. The number of imidazole rings is 1. The summed E-state index contributed by atoms with van der Waals surface area (Å²) in [5, 5.41) is 3.38. The molecule has 146 valence electrons. The molecule has 1 heterocycles. The van der Waals surface area contributed by atoms with Gasteiger partial charge in [0.05, 0.1) is 27.7 Å². The highest BCUT2D eigenvalue weighted by Crippen LogP contribution is 2.23. The normalized spacial score (nSPS) is 12.1. The molecule has 4 aromatic rings. The first-order valence-electron chi connectivity index (χ1n) is 9.28. The summed E-state index contributed by atoms with van der Waals surface area (Å²) in [5.41, 5.74) is 3.15. The van der Waals surface area contributed by atoms with Crippen LogP contribution < -0.4 is 5.32 Å². The molecule has 0 spiro atoms. The molecule has 4 nitrogen and oxygen atoms in total. The summed E-state index contributed by atoms with van der Waals surface area (Å²) >= 11 is 6.15. The first-order chi connectivity index (χ1) is 14.0. The predicted molar refractivity (Wildman–Crippen MR) is 113 cm³/mol. The fourth-order valence-corrected chi connectivity index (χ4v) is 3.57. The van der Waals surface area contributed by atoms with Gasteiger partial charge in [-0.25, -0.2) is 9.37 Å². The van der Waals surface area contributed by atoms with E-state index in [4.69, 9.17) is 16.6 Å². The van der Waals surface area contributed by atoms with E-state index in [1.165, 1.54) is 12.1 Å². The number of benzene rings is 3. The smallest absolute Gasteiger partial charge is 0.253 e. The fraction of sp³-hybridized carbons (Fsp3) is 0.130. The Morgan fingerprint density at radius 3 is 2.52 bits per heavy atom. The molecule has 0 fully saturated rings. The molecule has 0 aliphatic rings. The molecule has 1 amide bonds. The van der Waals surface area contributed by atoms with Gasteiger partial charge in [-0.3, -0.25) is 4.79 Å². The maximum Gasteiger partial charge on any atom is 0.253 e. The van der Waals surface area contributed by atoms with E-state index in [1.54, 1.807) is 36.4 Å². The summed E-state index contributed by atoms with van der Waals surface area (Å²) in [7, 11) is 0. The molecule has 0 aliphatic heterocycles. The molecule has 3 aromatic carbocycles. The van der Waals surface area contributed by atoms with E-state index in [0.29, 0.717) is 17.1 Å². The number of amides is 1. The van der Waals surface area contributed by atoms with Gasteiger partial charge in [-0.05, 0) is 48.9 Å². The number of hydrogen-bond acceptors (Lipinski definition) is 2. The van der Waals surface area contributed by atoms with Gasteiger partial charge in [-0.15, -0.1) is 0 Å². The Balaban J connectivity index is 1.68. The van der Waals surface area contributed by atoms with Gasteiger partial charge in [0.2, 0.25) is 0 Å². The van der Waals surface area contributed by atoms with Crippen LogP contribution in [0, 0.1) is 5.82 Å². The Morgan fingerprint density at radius 2 is 1.76 bits per heavy atom. The molecule has 4 rings (SSSR count). The van der Waals surface area contributed by atoms with Crippen LogP contribution in [0.3, 0.4) is 0 Å². The standard InChI is InChI=1S/C23H19ClFN3O/c1-15(26-23(29)18-6-2-3-7-19(18)24)22-27-20-8-4-5-9-21(20)28(22)14-16-10-12-17(25)13-11-16/h2-13,15H,14H2,1H3,(H,26,29). The van der Waals surface area contributed by atoms with Crippen LogP contribution in [-0.2, 0) is 6.54 Å². The molecule has 6 heteroatoms. The van der Waals surface area contributed by atoms with Gasteiger partial charge in [-0.2, -0.15) is 0 Å². The molecule has 0 bridgehead atoms. The lowest BCUT2D eigenvalue weighted by molar-refractivity contribution is 0.0938. The summed E-state index contributed by atoms with van der Waals surface area (Å²) in [4.78, 5) is 17.4. The number of halogens is 2. The lowest BCUT2D eigenvalue weighted by Crippen LogP contribution is -2.29. The lowest BCUT2D eigenvalue weighted by Gasteiger charge is -2.17. The number of nitrogens with one attached hydrogen (secondary N) is 1. The number of nitrogens with zero attached hydrogens (tertiary/aromatic N) is 2. The quantitative estimate of drug-likeness (QED) is 0.483. The average molecular weight is 408 g/mol. The van der Waals surface area contributed by atoms with Crippen LogP contribution in [-0.4, -0.2) is 15.5 Å². The van der Waals surface area contributed by atoms with Crippen LogP contribution in [0.5, 0.6) is 0 Å². The minimum absolute atomic E-state index is 0.261. The number of carbonyl (C=O) groups excluding carboxylic acids is 1. The van der Waals surface area contributed by atoms with Crippen molar-refractivity contribution >= 4 is 28.5 Å². The highest BCUT2D eigenvalue weighted by Gasteiger charge is 2.20. The zero-order chi connectivity index (χ0) is 20.4. The second-order valence-corrected chi connectivity index (χ2v) is 7.25. The molecule has 0 saturated carbocycles. The molecule has 29 heavy (non-hydrogen) atoms. The van der Waals surface area contributed by atoms with Gasteiger partial charge in [0, 0.05) is 6.54 Å². The van der Waals surface area contributed by atoms with Crippen molar-refractivity contribution < 1.29 is 9.18 Å². The largest absolute Gasteiger partial charge is 0.342 e. The topological polar surface area (TPSA) is 46.9 Å². The zero-order valence-electron chi connectivity index (χ0n) is 15.8. The Bertz CT molecular complexity index is 1170. The lowest BCUT2D eigenvalue weighted by atomic mass is 10.2. The van der Waals surface area contributed by atoms with Crippen molar-refractivity contribution in [2.24, 2.45) is 0 Å². The van der Waals surface area contributed by atoms with E-state index in [-0.39, 0.29) is 17.8 Å². The van der Waals surface area contributed by atoms with E-state index in [0.717, 1.165) is 22.4 Å². The van der Waals surface area contributed by atoms with Gasteiger partial charge < -0.3 is 9.88 Å². The summed E-state index contributed by atoms with van der Waals surface area (Å²) in [6, 6.07) is 20.7. The van der Waals surface area contributed by atoms with Crippen LogP contribution >= 0.6 is 11.6 Å². The third-order valence-electron chi connectivity index (χ3n) is 4.79. The number of para-hydroxylation sites is 2. The SMILES string of the molecule is CC(NC(=O)c1ccccc1Cl)c1nc2ccccc2n1Cc1ccc(F)cc1. The van der Waals surface area contributed by atoms with Crippen molar-refractivity contribution in [1.29, 1.82) is 0 Å². The third-order valence-corrected chi connectivity index (χ3v) is 5.12. The van der Waals surface area contributed by atoms with Crippen LogP contribution in [0.1, 0.15) is 34.7 Å². The van der Waals surface area contributed by atoms with E-state index in [2.05, 4.69) is 5.32 Å². The van der Waals surface area contributed by atoms with E-state index in [1.807, 2.05) is 35.8 Å². The summed E-state index contributed by atoms with van der Waals surface area (Å²) in [5.74, 6) is 0.184. The molecule has 1 unspecified atom stereocenters. The number of carbonyl (C=O) groups is 1. The molecule has 0 radical (unpaired) electrons. The van der Waals surface area contributed by atoms with Crippen molar-refractivity contribution in [3.63, 3.8) is 0 Å². The summed E-state index contributed by atoms with van der Waals surface area (Å²) in [6.45, 7) is 2.40. The van der Waals surface area contributed by atoms with Gasteiger partial charge in [-0.1, -0.05) is 48.0 Å². The van der Waals surface area contributed by atoms with E-state index >= 15 is 0 Å². The highest BCUT2D eigenvalue weighted by atomic mass is 35.5. The molecular weight excluding hydrogens is 389 g/mol. The van der Waals surface area contributed by atoms with E-state index < -0.39 is 0 Å². The molecule has 1 atom stereocenters. The van der Waals surface area contributed by atoms with Crippen LogP contribution in [0.2, 0.25) is 5.02 Å². The second kappa shape index (κ2) is 8.05. The number of aromatic nitrogens is 2. The van der Waals surface area contributed by atoms with Gasteiger partial charge in [0.1, 0.15) is 11.6 Å². The maximum absolute atomic E-state index is 13.3. The summed E-state index contributed by atoms with van der Waals surface area (Å²) < 4.78 is 15.3. The highest BCUT2D eigenvalue weighted by molar-refractivity contribution is 6.33. The predicted octanol–water partition coefficient (Wildman–Crippen LogP) is 5.37. The minimum atomic E-state index is -0.355. The maximum atomic E-state index is 13.3. The minimum Gasteiger partial charge on any atom is -0.342 e. The van der Waals surface area contributed by atoms with Crippen LogP contribution in [0.15, 0.2) is 72.8 Å². The van der Waals surface area contributed by atoms with Crippen molar-refractivity contribution in [1.82, 2.24) is 14.9 Å². The molecule has 1 N–H and O–H groups in total. The van der Waals surface area contributed by atoms with Gasteiger partial charge in [0.25, 0.3) is 5.91 Å². The van der Waals surface area contributed by atoms with Crippen LogP contribution in [0.25, 0.3) is 11.0 Å². The number of hydrogen-bond donors (Lipinski definition) is 1. The summed E-state index contributed by atoms with van der Waals surface area (Å²) in [6.07, 6.45) is 0. The first kappa shape index (κ1) is 19.2. The van der Waals surface area contributed by atoms with E-state index in [9.17, 15) is 9.18 Å². The van der Waals surface area contributed by atoms with Crippen molar-refractivity contribution in [2.45, 2.75) is 19.5 Å². The fourth-order valence-electron chi connectivity index (χ4n) is 3.35. The zero-order valence-corrected chi connectivity index (χ0v) is 16.5. The molecule has 1 aromatic heterocycles. The molecular formula is C23H19ClFN3O. The Hall–Kier alpha value is -3.18. The van der Waals surface area contributed by atoms with Crippen LogP contribution in [0.4, 0.5) is 4.39 Å². The van der Waals surface area contributed by atoms with Gasteiger partial charge in [0.15, 0.2) is 0 Å². The van der Waals surface area contributed by atoms with Crippen molar-refractivity contribution in [3.05, 3.63) is 101 Å². The van der Waals surface area contributed by atoms with Gasteiger partial charge >= 0.3 is 0 Å². The monoisotopic (exact) mass is 407 g/mol. The average Bonchev–Trinajstić information content (AvgIpc) is 3.08. The van der Waals surface area contributed by atoms with Crippen molar-refractivity contribution in [3.8, 4) is 0 Å².